The summed E-state index contributed by atoms with van der Waals surface area (Å²) in [5.74, 6) is 0. The van der Waals surface area contributed by atoms with Gasteiger partial charge in [0.2, 0.25) is 0 Å². The van der Waals surface area contributed by atoms with Gasteiger partial charge >= 0.3 is 0 Å². The van der Waals surface area contributed by atoms with Crippen molar-refractivity contribution in [2.45, 2.75) is 13.8 Å². The van der Waals surface area contributed by atoms with Crippen LogP contribution in [0.15, 0.2) is 23.5 Å². The SMILES string of the molecule is CC(C)(C#N)C1=CC=C(N)CN1. The number of rotatable bonds is 1. The van der Waals surface area contributed by atoms with Crippen molar-refractivity contribution in [3.63, 3.8) is 0 Å². The molecule has 0 atom stereocenters. The van der Waals surface area contributed by atoms with Crippen molar-refractivity contribution in [2.24, 2.45) is 11.1 Å². The molecule has 64 valence electrons. The fraction of sp³-hybridized carbons (Fsp3) is 0.444. The maximum atomic E-state index is 8.83. The van der Waals surface area contributed by atoms with E-state index in [1.165, 1.54) is 0 Å². The summed E-state index contributed by atoms with van der Waals surface area (Å²) < 4.78 is 0. The highest BCUT2D eigenvalue weighted by Crippen LogP contribution is 2.24. The van der Waals surface area contributed by atoms with E-state index in [-0.39, 0.29) is 0 Å². The largest absolute Gasteiger partial charge is 0.401 e. The molecule has 0 aromatic carbocycles. The van der Waals surface area contributed by atoms with Crippen molar-refractivity contribution < 1.29 is 0 Å². The monoisotopic (exact) mass is 163 g/mol. The summed E-state index contributed by atoms with van der Waals surface area (Å²) in [6.45, 7) is 4.39. The summed E-state index contributed by atoms with van der Waals surface area (Å²) in [4.78, 5) is 0. The lowest BCUT2D eigenvalue weighted by Gasteiger charge is -2.23. The van der Waals surface area contributed by atoms with E-state index in [2.05, 4.69) is 11.4 Å². The quantitative estimate of drug-likeness (QED) is 0.602. The second kappa shape index (κ2) is 2.90. The van der Waals surface area contributed by atoms with E-state index in [0.29, 0.717) is 6.54 Å². The van der Waals surface area contributed by atoms with E-state index in [4.69, 9.17) is 11.0 Å². The molecule has 0 saturated carbocycles. The number of hydrogen-bond acceptors (Lipinski definition) is 3. The van der Waals surface area contributed by atoms with Gasteiger partial charge in [-0.15, -0.1) is 0 Å². The molecule has 12 heavy (non-hydrogen) atoms. The Kier molecular flexibility index (Phi) is 2.09. The molecule has 1 aliphatic heterocycles. The van der Waals surface area contributed by atoms with Crippen molar-refractivity contribution >= 4 is 0 Å². The van der Waals surface area contributed by atoms with Crippen LogP contribution >= 0.6 is 0 Å². The molecule has 0 bridgehead atoms. The lowest BCUT2D eigenvalue weighted by atomic mass is 9.90. The molecule has 3 nitrogen and oxygen atoms in total. The average molecular weight is 163 g/mol. The summed E-state index contributed by atoms with van der Waals surface area (Å²) in [6.07, 6.45) is 3.70. The zero-order valence-electron chi connectivity index (χ0n) is 7.39. The summed E-state index contributed by atoms with van der Waals surface area (Å²) in [5.41, 5.74) is 6.83. The molecule has 0 aromatic rings. The van der Waals surface area contributed by atoms with Gasteiger partial charge in [-0.3, -0.25) is 0 Å². The standard InChI is InChI=1S/C9H13N3/c1-9(2,6-10)8-4-3-7(11)5-12-8/h3-4,12H,5,11H2,1-2H3. The Morgan fingerprint density at radius 2 is 2.25 bits per heavy atom. The molecule has 0 spiro atoms. The first kappa shape index (κ1) is 8.66. The first-order chi connectivity index (χ1) is 5.56. The van der Waals surface area contributed by atoms with Crippen LogP contribution in [0.2, 0.25) is 0 Å². The summed E-state index contributed by atoms with van der Waals surface area (Å²) >= 11 is 0. The highest BCUT2D eigenvalue weighted by atomic mass is 14.9. The molecule has 0 fully saturated rings. The lowest BCUT2D eigenvalue weighted by molar-refractivity contribution is 0.539. The van der Waals surface area contributed by atoms with Gasteiger partial charge in [0.25, 0.3) is 0 Å². The van der Waals surface area contributed by atoms with Gasteiger partial charge in [0, 0.05) is 11.4 Å². The van der Waals surface area contributed by atoms with Crippen LogP contribution in [-0.2, 0) is 0 Å². The van der Waals surface area contributed by atoms with Gasteiger partial charge in [-0.25, -0.2) is 0 Å². The van der Waals surface area contributed by atoms with Crippen molar-refractivity contribution in [1.29, 1.82) is 5.26 Å². The maximum Gasteiger partial charge on any atom is 0.0911 e. The minimum atomic E-state index is -0.447. The van der Waals surface area contributed by atoms with Crippen LogP contribution in [0.4, 0.5) is 0 Å². The molecule has 0 unspecified atom stereocenters. The minimum Gasteiger partial charge on any atom is -0.401 e. The Labute approximate surface area is 72.6 Å². The van der Waals surface area contributed by atoms with E-state index in [1.807, 2.05) is 26.0 Å². The maximum absolute atomic E-state index is 8.83. The normalized spacial score (nSPS) is 17.1. The number of nitrogens with two attached hydrogens (primary N) is 1. The second-order valence-electron chi connectivity index (χ2n) is 3.41. The third-order valence-corrected chi connectivity index (χ3v) is 1.90. The number of nitrogens with zero attached hydrogens (tertiary/aromatic N) is 1. The third kappa shape index (κ3) is 1.59. The molecule has 3 N–H and O–H groups in total. The Bertz CT molecular complexity index is 279. The molecular formula is C9H13N3. The molecule has 0 aliphatic carbocycles. The average Bonchev–Trinajstić information content (AvgIpc) is 2.05. The Balaban J connectivity index is 2.87. The minimum absolute atomic E-state index is 0.447. The number of nitrogens with one attached hydrogen (secondary N) is 1. The van der Waals surface area contributed by atoms with Gasteiger partial charge < -0.3 is 11.1 Å². The summed E-state index contributed by atoms with van der Waals surface area (Å²) in [5, 5.41) is 11.9. The summed E-state index contributed by atoms with van der Waals surface area (Å²) in [6, 6.07) is 2.22. The van der Waals surface area contributed by atoms with Crippen LogP contribution in [0, 0.1) is 16.7 Å². The molecular weight excluding hydrogens is 150 g/mol. The number of nitriles is 1. The van der Waals surface area contributed by atoms with Gasteiger partial charge in [0.1, 0.15) is 0 Å². The van der Waals surface area contributed by atoms with E-state index in [0.717, 1.165) is 11.4 Å². The highest BCUT2D eigenvalue weighted by molar-refractivity contribution is 5.29. The van der Waals surface area contributed by atoms with Gasteiger partial charge in [-0.1, -0.05) is 0 Å². The van der Waals surface area contributed by atoms with E-state index < -0.39 is 5.41 Å². The molecule has 1 heterocycles. The summed E-state index contributed by atoms with van der Waals surface area (Å²) in [7, 11) is 0. The van der Waals surface area contributed by atoms with Crippen molar-refractivity contribution in [3.8, 4) is 6.07 Å². The fourth-order valence-corrected chi connectivity index (χ4v) is 0.995. The topological polar surface area (TPSA) is 61.8 Å². The van der Waals surface area contributed by atoms with Crippen LogP contribution in [0.25, 0.3) is 0 Å². The van der Waals surface area contributed by atoms with E-state index in [1.54, 1.807) is 0 Å². The van der Waals surface area contributed by atoms with E-state index >= 15 is 0 Å². The van der Waals surface area contributed by atoms with Crippen molar-refractivity contribution in [2.75, 3.05) is 6.54 Å². The fourth-order valence-electron chi connectivity index (χ4n) is 0.995. The first-order valence-electron chi connectivity index (χ1n) is 3.88. The van der Waals surface area contributed by atoms with Crippen LogP contribution in [0.5, 0.6) is 0 Å². The number of hydrogen-bond donors (Lipinski definition) is 2. The molecule has 1 aliphatic rings. The second-order valence-corrected chi connectivity index (χ2v) is 3.41. The van der Waals surface area contributed by atoms with Gasteiger partial charge in [-0.05, 0) is 26.0 Å². The van der Waals surface area contributed by atoms with Crippen LogP contribution in [0.3, 0.4) is 0 Å². The molecule has 1 rings (SSSR count). The van der Waals surface area contributed by atoms with Gasteiger partial charge in [0.05, 0.1) is 18.0 Å². The zero-order chi connectivity index (χ0) is 9.19. The highest BCUT2D eigenvalue weighted by Gasteiger charge is 2.23. The van der Waals surface area contributed by atoms with Crippen LogP contribution < -0.4 is 11.1 Å². The third-order valence-electron chi connectivity index (χ3n) is 1.90. The van der Waals surface area contributed by atoms with E-state index in [9.17, 15) is 0 Å². The van der Waals surface area contributed by atoms with Gasteiger partial charge in [-0.2, -0.15) is 5.26 Å². The smallest absolute Gasteiger partial charge is 0.0911 e. The molecule has 0 radical (unpaired) electrons. The number of allylic oxidation sites excluding steroid dienone is 3. The van der Waals surface area contributed by atoms with Crippen molar-refractivity contribution in [3.05, 3.63) is 23.5 Å². The number of dihydropyridines is 1. The van der Waals surface area contributed by atoms with Crippen molar-refractivity contribution in [1.82, 2.24) is 5.32 Å². The predicted molar refractivity (Wildman–Crippen MR) is 47.8 cm³/mol. The Hall–Kier alpha value is -1.43. The van der Waals surface area contributed by atoms with Gasteiger partial charge in [0.15, 0.2) is 0 Å². The zero-order valence-corrected chi connectivity index (χ0v) is 7.39. The molecule has 0 aromatic heterocycles. The van der Waals surface area contributed by atoms with Crippen LogP contribution in [0.1, 0.15) is 13.8 Å². The first-order valence-corrected chi connectivity index (χ1v) is 3.88. The van der Waals surface area contributed by atoms with Crippen LogP contribution in [-0.4, -0.2) is 6.54 Å². The predicted octanol–water partition coefficient (Wildman–Crippen LogP) is 0.866. The molecule has 3 heteroatoms. The Morgan fingerprint density at radius 3 is 2.67 bits per heavy atom. The lowest BCUT2D eigenvalue weighted by Crippen LogP contribution is -2.31. The Morgan fingerprint density at radius 1 is 1.58 bits per heavy atom. The molecule has 0 amide bonds. The molecule has 0 saturated heterocycles.